The molecule has 1 aromatic carbocycles. The number of thiophene rings is 1. The third kappa shape index (κ3) is 3.82. The number of thioether (sulfide) groups is 1. The molecule has 1 amide bonds. The maximum absolute atomic E-state index is 11.8. The fourth-order valence-electron chi connectivity index (χ4n) is 1.81. The Labute approximate surface area is 135 Å². The molecule has 112 valence electrons. The van der Waals surface area contributed by atoms with Crippen molar-refractivity contribution >= 4 is 39.2 Å². The number of carbonyl (C=O) groups excluding carboxylic acids is 1. The van der Waals surface area contributed by atoms with Crippen LogP contribution in [0, 0.1) is 0 Å². The Balaban J connectivity index is 1.47. The summed E-state index contributed by atoms with van der Waals surface area (Å²) in [6.07, 6.45) is 1.52. The van der Waals surface area contributed by atoms with Crippen LogP contribution < -0.4 is 5.48 Å². The topological polar surface area (TPSA) is 64.1 Å². The normalized spacial score (nSPS) is 10.7. The van der Waals surface area contributed by atoms with Crippen molar-refractivity contribution in [2.75, 3.05) is 5.75 Å². The number of nitrogens with zero attached hydrogens (tertiary/aromatic N) is 2. The van der Waals surface area contributed by atoms with E-state index in [-0.39, 0.29) is 11.7 Å². The van der Waals surface area contributed by atoms with Gasteiger partial charge in [0.05, 0.1) is 22.6 Å². The first-order valence-corrected chi connectivity index (χ1v) is 8.45. The lowest BCUT2D eigenvalue weighted by atomic mass is 10.2. The average molecular weight is 331 g/mol. The second-order valence-electron chi connectivity index (χ2n) is 4.40. The number of hydrogen-bond acceptors (Lipinski definition) is 6. The van der Waals surface area contributed by atoms with Crippen molar-refractivity contribution in [3.63, 3.8) is 0 Å². The van der Waals surface area contributed by atoms with Crippen molar-refractivity contribution in [1.29, 1.82) is 0 Å². The highest BCUT2D eigenvalue weighted by molar-refractivity contribution is 8.00. The van der Waals surface area contributed by atoms with E-state index in [0.29, 0.717) is 6.61 Å². The van der Waals surface area contributed by atoms with E-state index in [1.807, 2.05) is 41.8 Å². The maximum atomic E-state index is 11.8. The summed E-state index contributed by atoms with van der Waals surface area (Å²) in [5, 5.41) is 2.78. The predicted molar refractivity (Wildman–Crippen MR) is 87.5 cm³/mol. The van der Waals surface area contributed by atoms with Crippen LogP contribution in [0.2, 0.25) is 0 Å². The Morgan fingerprint density at radius 2 is 2.09 bits per heavy atom. The number of hydroxylamine groups is 1. The molecule has 0 radical (unpaired) electrons. The molecule has 0 bridgehead atoms. The number of nitrogens with one attached hydrogen (secondary N) is 1. The van der Waals surface area contributed by atoms with Gasteiger partial charge < -0.3 is 0 Å². The van der Waals surface area contributed by atoms with Gasteiger partial charge in [-0.1, -0.05) is 42.1 Å². The number of hydrogen-bond donors (Lipinski definition) is 1. The summed E-state index contributed by atoms with van der Waals surface area (Å²) in [6, 6.07) is 11.6. The van der Waals surface area contributed by atoms with Gasteiger partial charge in [-0.15, -0.1) is 11.3 Å². The molecule has 3 aromatic rings. The van der Waals surface area contributed by atoms with Crippen LogP contribution in [-0.2, 0) is 16.2 Å². The van der Waals surface area contributed by atoms with E-state index in [4.69, 9.17) is 4.84 Å². The Bertz CT molecular complexity index is 762. The Kier molecular flexibility index (Phi) is 4.99. The van der Waals surface area contributed by atoms with Gasteiger partial charge in [0.1, 0.15) is 11.4 Å². The molecule has 2 aromatic heterocycles. The van der Waals surface area contributed by atoms with Gasteiger partial charge in [0.25, 0.3) is 5.91 Å². The molecule has 3 rings (SSSR count). The summed E-state index contributed by atoms with van der Waals surface area (Å²) >= 11 is 2.95. The van der Waals surface area contributed by atoms with Crippen molar-refractivity contribution in [3.8, 4) is 0 Å². The number of aromatic nitrogens is 2. The number of rotatable bonds is 6. The summed E-state index contributed by atoms with van der Waals surface area (Å²) in [6.45, 7) is 0.347. The van der Waals surface area contributed by atoms with Crippen molar-refractivity contribution in [3.05, 3.63) is 53.7 Å². The third-order valence-electron chi connectivity index (χ3n) is 2.82. The number of benzene rings is 1. The largest absolute Gasteiger partial charge is 0.272 e. The van der Waals surface area contributed by atoms with Crippen molar-refractivity contribution in [1.82, 2.24) is 15.4 Å². The van der Waals surface area contributed by atoms with Gasteiger partial charge >= 0.3 is 0 Å². The number of amides is 1. The molecule has 0 atom stereocenters. The van der Waals surface area contributed by atoms with Gasteiger partial charge in [0, 0.05) is 0 Å². The van der Waals surface area contributed by atoms with E-state index in [0.717, 1.165) is 20.8 Å². The summed E-state index contributed by atoms with van der Waals surface area (Å²) in [5.41, 5.74) is 4.36. The van der Waals surface area contributed by atoms with E-state index in [1.54, 1.807) is 11.3 Å². The minimum absolute atomic E-state index is 0.191. The van der Waals surface area contributed by atoms with Crippen LogP contribution in [0.4, 0.5) is 0 Å². The summed E-state index contributed by atoms with van der Waals surface area (Å²) < 4.78 is 1.01. The van der Waals surface area contributed by atoms with Crippen LogP contribution in [0.25, 0.3) is 10.2 Å². The van der Waals surface area contributed by atoms with Crippen LogP contribution >= 0.6 is 23.1 Å². The van der Waals surface area contributed by atoms with E-state index < -0.39 is 0 Å². The second-order valence-corrected chi connectivity index (χ2v) is 6.28. The highest BCUT2D eigenvalue weighted by Crippen LogP contribution is 2.28. The lowest BCUT2D eigenvalue weighted by Crippen LogP contribution is -2.25. The number of carbonyl (C=O) groups is 1. The predicted octanol–water partition coefficient (Wildman–Crippen LogP) is 3.03. The van der Waals surface area contributed by atoms with E-state index in [2.05, 4.69) is 15.4 Å². The molecule has 0 fully saturated rings. The minimum Gasteiger partial charge on any atom is -0.272 e. The highest BCUT2D eigenvalue weighted by atomic mass is 32.2. The molecule has 0 unspecified atom stereocenters. The van der Waals surface area contributed by atoms with Crippen LogP contribution in [0.5, 0.6) is 0 Å². The molecule has 5 nitrogen and oxygen atoms in total. The van der Waals surface area contributed by atoms with Gasteiger partial charge in [-0.05, 0) is 17.0 Å². The first-order valence-electron chi connectivity index (χ1n) is 6.58. The first kappa shape index (κ1) is 15.0. The Morgan fingerprint density at radius 1 is 1.23 bits per heavy atom. The summed E-state index contributed by atoms with van der Waals surface area (Å²) in [7, 11) is 0. The van der Waals surface area contributed by atoms with Crippen molar-refractivity contribution < 1.29 is 9.63 Å². The lowest BCUT2D eigenvalue weighted by molar-refractivity contribution is -0.131. The lowest BCUT2D eigenvalue weighted by Gasteiger charge is -2.06. The van der Waals surface area contributed by atoms with Gasteiger partial charge in [-0.3, -0.25) is 9.63 Å². The van der Waals surface area contributed by atoms with Crippen LogP contribution in [0.1, 0.15) is 5.56 Å². The second kappa shape index (κ2) is 7.35. The van der Waals surface area contributed by atoms with Crippen LogP contribution in [0.15, 0.2) is 53.1 Å². The third-order valence-corrected chi connectivity index (χ3v) is 4.85. The summed E-state index contributed by atoms with van der Waals surface area (Å²) in [4.78, 5) is 25.4. The molecule has 0 aliphatic rings. The van der Waals surface area contributed by atoms with Crippen molar-refractivity contribution in [2.45, 2.75) is 11.6 Å². The molecular formula is C15H13N3O2S2. The maximum Gasteiger partial charge on any atom is 0.253 e. The molecule has 0 aliphatic carbocycles. The fraction of sp³-hybridized carbons (Fsp3) is 0.133. The van der Waals surface area contributed by atoms with Gasteiger partial charge in [0.2, 0.25) is 0 Å². The Hall–Kier alpha value is -1.96. The SMILES string of the molecule is O=C(CSc1ncnc2ccsc12)NOCc1ccccc1. The zero-order chi connectivity index (χ0) is 15.2. The van der Waals surface area contributed by atoms with Crippen molar-refractivity contribution in [2.24, 2.45) is 0 Å². The molecule has 7 heteroatoms. The first-order chi connectivity index (χ1) is 10.8. The molecule has 0 saturated heterocycles. The van der Waals surface area contributed by atoms with E-state index in [1.165, 1.54) is 18.1 Å². The monoisotopic (exact) mass is 331 g/mol. The zero-order valence-corrected chi connectivity index (χ0v) is 13.2. The molecule has 2 heterocycles. The molecule has 1 N–H and O–H groups in total. The summed E-state index contributed by atoms with van der Waals surface area (Å²) in [5.74, 6) is 0.0583. The fourth-order valence-corrected chi connectivity index (χ4v) is 3.54. The minimum atomic E-state index is -0.191. The van der Waals surface area contributed by atoms with Gasteiger partial charge in [-0.25, -0.2) is 15.4 Å². The number of fused-ring (bicyclic) bond motifs is 1. The van der Waals surface area contributed by atoms with E-state index >= 15 is 0 Å². The molecule has 0 aliphatic heterocycles. The molecule has 0 spiro atoms. The van der Waals surface area contributed by atoms with Crippen LogP contribution in [0.3, 0.4) is 0 Å². The Morgan fingerprint density at radius 3 is 2.95 bits per heavy atom. The molecular weight excluding hydrogens is 318 g/mol. The van der Waals surface area contributed by atoms with Gasteiger partial charge in [0.15, 0.2) is 0 Å². The quantitative estimate of drug-likeness (QED) is 0.427. The zero-order valence-electron chi connectivity index (χ0n) is 11.6. The van der Waals surface area contributed by atoms with Gasteiger partial charge in [-0.2, -0.15) is 0 Å². The van der Waals surface area contributed by atoms with Crippen LogP contribution in [-0.4, -0.2) is 21.6 Å². The molecule has 0 saturated carbocycles. The smallest absolute Gasteiger partial charge is 0.253 e. The highest BCUT2D eigenvalue weighted by Gasteiger charge is 2.08. The average Bonchev–Trinajstić information content (AvgIpc) is 3.03. The molecule has 22 heavy (non-hydrogen) atoms. The van der Waals surface area contributed by atoms with E-state index in [9.17, 15) is 4.79 Å². The standard InChI is InChI=1S/C15H13N3O2S2/c19-13(18-20-8-11-4-2-1-3-5-11)9-22-15-14-12(6-7-21-14)16-10-17-15/h1-7,10H,8-9H2,(H,18,19).